The van der Waals surface area contributed by atoms with E-state index in [4.69, 9.17) is 10.3 Å². The van der Waals surface area contributed by atoms with Crippen LogP contribution < -0.4 is 5.73 Å². The molecule has 0 aromatic carbocycles. The lowest BCUT2D eigenvalue weighted by Gasteiger charge is -1.93. The normalized spacial score (nSPS) is 10.8. The number of rotatable bonds is 5. The molecule has 0 aliphatic rings. The number of pyridine rings is 1. The van der Waals surface area contributed by atoms with Crippen LogP contribution in [0.5, 0.6) is 0 Å². The topological polar surface area (TPSA) is 109 Å². The molecule has 0 radical (unpaired) electrons. The minimum Gasteiger partial charge on any atom is -0.332 e. The molecular weight excluding hydrogens is 258 g/mol. The van der Waals surface area contributed by atoms with Gasteiger partial charge in [0.2, 0.25) is 0 Å². The van der Waals surface area contributed by atoms with Gasteiger partial charge in [-0.2, -0.15) is 4.98 Å². The quantitative estimate of drug-likeness (QED) is 0.709. The number of nitrogens with two attached hydrogens (primary N) is 1. The van der Waals surface area contributed by atoms with Crippen molar-refractivity contribution >= 4 is 0 Å². The summed E-state index contributed by atoms with van der Waals surface area (Å²) in [5.41, 5.74) is 7.02. The summed E-state index contributed by atoms with van der Waals surface area (Å²) in [6.45, 7) is 1.10. The highest BCUT2D eigenvalue weighted by Gasteiger charge is 2.12. The minimum atomic E-state index is 0.354. The molecule has 0 spiro atoms. The average molecular weight is 271 g/mol. The lowest BCUT2D eigenvalue weighted by Crippen LogP contribution is -2.10. The highest BCUT2D eigenvalue weighted by Crippen LogP contribution is 2.14. The highest BCUT2D eigenvalue weighted by molar-refractivity contribution is 5.43. The second-order valence-corrected chi connectivity index (χ2v) is 4.21. The number of hydrogen-bond acceptors (Lipinski definition) is 7. The van der Waals surface area contributed by atoms with Crippen LogP contribution in [0.4, 0.5) is 0 Å². The van der Waals surface area contributed by atoms with Gasteiger partial charge in [0.15, 0.2) is 11.5 Å². The van der Waals surface area contributed by atoms with Crippen molar-refractivity contribution in [3.8, 4) is 11.6 Å². The summed E-state index contributed by atoms with van der Waals surface area (Å²) >= 11 is 0. The van der Waals surface area contributed by atoms with Gasteiger partial charge >= 0.3 is 0 Å². The fourth-order valence-corrected chi connectivity index (χ4v) is 1.75. The van der Waals surface area contributed by atoms with Crippen LogP contribution in [0.15, 0.2) is 35.2 Å². The second-order valence-electron chi connectivity index (χ2n) is 4.21. The first-order chi connectivity index (χ1) is 9.85. The van der Waals surface area contributed by atoms with Gasteiger partial charge < -0.3 is 10.3 Å². The van der Waals surface area contributed by atoms with E-state index in [2.05, 4.69) is 25.4 Å². The third-order valence-electron chi connectivity index (χ3n) is 2.67. The first kappa shape index (κ1) is 12.4. The highest BCUT2D eigenvalue weighted by atomic mass is 16.5. The molecule has 3 aromatic rings. The van der Waals surface area contributed by atoms with Gasteiger partial charge in [-0.05, 0) is 11.6 Å². The van der Waals surface area contributed by atoms with Crippen LogP contribution in [0.3, 0.4) is 0 Å². The van der Waals surface area contributed by atoms with Gasteiger partial charge in [0.1, 0.15) is 0 Å². The van der Waals surface area contributed by atoms with Gasteiger partial charge in [-0.15, -0.1) is 5.10 Å². The van der Waals surface area contributed by atoms with Crippen LogP contribution >= 0.6 is 0 Å². The summed E-state index contributed by atoms with van der Waals surface area (Å²) in [6, 6.07) is 3.83. The molecule has 102 valence electrons. The maximum absolute atomic E-state index is 5.45. The Morgan fingerprint density at radius 2 is 2.30 bits per heavy atom. The molecule has 0 aliphatic heterocycles. The van der Waals surface area contributed by atoms with Crippen LogP contribution in [0, 0.1) is 0 Å². The minimum absolute atomic E-state index is 0.354. The molecule has 0 bridgehead atoms. The molecular formula is C12H13N7O. The molecule has 3 aromatic heterocycles. The molecule has 3 heterocycles. The van der Waals surface area contributed by atoms with Crippen LogP contribution in [0.2, 0.25) is 0 Å². The summed E-state index contributed by atoms with van der Waals surface area (Å²) in [5, 5.41) is 11.8. The van der Waals surface area contributed by atoms with E-state index < -0.39 is 0 Å². The summed E-state index contributed by atoms with van der Waals surface area (Å²) in [5.74, 6) is 0.938. The second kappa shape index (κ2) is 5.57. The van der Waals surface area contributed by atoms with Crippen LogP contribution in [0.25, 0.3) is 11.6 Å². The lowest BCUT2D eigenvalue weighted by molar-refractivity contribution is 0.422. The van der Waals surface area contributed by atoms with E-state index in [1.165, 1.54) is 0 Å². The van der Waals surface area contributed by atoms with Crippen molar-refractivity contribution in [3.63, 3.8) is 0 Å². The Bertz CT molecular complexity index is 676. The molecule has 0 atom stereocenters. The van der Waals surface area contributed by atoms with E-state index in [0.717, 1.165) is 5.56 Å². The van der Waals surface area contributed by atoms with E-state index in [-0.39, 0.29) is 0 Å². The molecule has 2 N–H and O–H groups in total. The van der Waals surface area contributed by atoms with E-state index in [0.29, 0.717) is 36.9 Å². The summed E-state index contributed by atoms with van der Waals surface area (Å²) in [6.07, 6.45) is 5.79. The SMILES string of the molecule is NCCn1cc(-c2nc(Cc3cccnc3)no2)nn1. The Hall–Kier alpha value is -2.61. The van der Waals surface area contributed by atoms with Crippen molar-refractivity contribution in [2.75, 3.05) is 6.54 Å². The Labute approximate surface area is 114 Å². The van der Waals surface area contributed by atoms with Crippen molar-refractivity contribution in [1.82, 2.24) is 30.1 Å². The van der Waals surface area contributed by atoms with Crippen molar-refractivity contribution in [3.05, 3.63) is 42.1 Å². The molecule has 0 aliphatic carbocycles. The Balaban J connectivity index is 1.76. The van der Waals surface area contributed by atoms with Crippen molar-refractivity contribution in [1.29, 1.82) is 0 Å². The molecule has 3 rings (SSSR count). The Kier molecular flexibility index (Phi) is 3.46. The molecule has 0 amide bonds. The Morgan fingerprint density at radius 1 is 1.35 bits per heavy atom. The van der Waals surface area contributed by atoms with Crippen molar-refractivity contribution in [2.45, 2.75) is 13.0 Å². The molecule has 8 nitrogen and oxygen atoms in total. The lowest BCUT2D eigenvalue weighted by atomic mass is 10.2. The van der Waals surface area contributed by atoms with E-state index in [1.807, 2.05) is 12.1 Å². The molecule has 0 saturated heterocycles. The van der Waals surface area contributed by atoms with Crippen LogP contribution in [-0.2, 0) is 13.0 Å². The summed E-state index contributed by atoms with van der Waals surface area (Å²) in [7, 11) is 0. The zero-order chi connectivity index (χ0) is 13.8. The van der Waals surface area contributed by atoms with Gasteiger partial charge in [-0.25, -0.2) is 0 Å². The molecule has 0 unspecified atom stereocenters. The fraction of sp³-hybridized carbons (Fsp3) is 0.250. The number of aromatic nitrogens is 6. The molecule has 20 heavy (non-hydrogen) atoms. The molecule has 8 heteroatoms. The standard InChI is InChI=1S/C12H13N7O/c13-3-5-19-8-10(16-18-19)12-15-11(17-20-12)6-9-2-1-4-14-7-9/h1-2,4,7-8H,3,5-6,13H2. The average Bonchev–Trinajstić information content (AvgIpc) is 3.10. The fourth-order valence-electron chi connectivity index (χ4n) is 1.75. The maximum Gasteiger partial charge on any atom is 0.280 e. The van der Waals surface area contributed by atoms with Crippen LogP contribution in [0.1, 0.15) is 11.4 Å². The smallest absolute Gasteiger partial charge is 0.280 e. The van der Waals surface area contributed by atoms with Gasteiger partial charge in [-0.3, -0.25) is 9.67 Å². The predicted molar refractivity (Wildman–Crippen MR) is 69.4 cm³/mol. The van der Waals surface area contributed by atoms with E-state index in [1.54, 1.807) is 23.3 Å². The van der Waals surface area contributed by atoms with Crippen molar-refractivity contribution < 1.29 is 4.52 Å². The molecule has 0 saturated carbocycles. The predicted octanol–water partition coefficient (Wildman–Crippen LogP) is 0.273. The zero-order valence-electron chi connectivity index (χ0n) is 10.7. The summed E-state index contributed by atoms with van der Waals surface area (Å²) < 4.78 is 6.82. The Morgan fingerprint density at radius 3 is 3.10 bits per heavy atom. The number of nitrogens with zero attached hydrogens (tertiary/aromatic N) is 6. The van der Waals surface area contributed by atoms with Gasteiger partial charge in [0.25, 0.3) is 5.89 Å². The number of hydrogen-bond donors (Lipinski definition) is 1. The molecule has 0 fully saturated rings. The first-order valence-corrected chi connectivity index (χ1v) is 6.17. The third-order valence-corrected chi connectivity index (χ3v) is 2.67. The monoisotopic (exact) mass is 271 g/mol. The third kappa shape index (κ3) is 2.69. The van der Waals surface area contributed by atoms with E-state index >= 15 is 0 Å². The van der Waals surface area contributed by atoms with Gasteiger partial charge in [0, 0.05) is 25.4 Å². The van der Waals surface area contributed by atoms with Gasteiger partial charge in [-0.1, -0.05) is 16.4 Å². The van der Waals surface area contributed by atoms with Crippen molar-refractivity contribution in [2.24, 2.45) is 5.73 Å². The zero-order valence-corrected chi connectivity index (χ0v) is 10.7. The van der Waals surface area contributed by atoms with E-state index in [9.17, 15) is 0 Å². The maximum atomic E-state index is 5.45. The van der Waals surface area contributed by atoms with Gasteiger partial charge in [0.05, 0.1) is 12.7 Å². The first-order valence-electron chi connectivity index (χ1n) is 6.17. The largest absolute Gasteiger partial charge is 0.332 e. The van der Waals surface area contributed by atoms with Crippen LogP contribution in [-0.4, -0.2) is 36.7 Å². The summed E-state index contributed by atoms with van der Waals surface area (Å²) in [4.78, 5) is 8.34.